The highest BCUT2D eigenvalue weighted by Crippen LogP contribution is 2.40. The SMILES string of the molecule is O=C(O)C1C(=O)N2C=C(CBr)CS[C@@H]12. The highest BCUT2D eigenvalue weighted by Gasteiger charge is 2.52. The first-order chi connectivity index (χ1) is 6.65. The minimum Gasteiger partial charge on any atom is -0.481 e. The summed E-state index contributed by atoms with van der Waals surface area (Å²) in [4.78, 5) is 23.6. The van der Waals surface area contributed by atoms with Gasteiger partial charge in [-0.2, -0.15) is 0 Å². The molecule has 76 valence electrons. The minimum atomic E-state index is -1.01. The largest absolute Gasteiger partial charge is 0.481 e. The number of halogens is 1. The van der Waals surface area contributed by atoms with Gasteiger partial charge in [-0.15, -0.1) is 11.8 Å². The predicted molar refractivity (Wildman–Crippen MR) is 56.1 cm³/mol. The van der Waals surface area contributed by atoms with Crippen molar-refractivity contribution in [3.8, 4) is 0 Å². The van der Waals surface area contributed by atoms with E-state index in [4.69, 9.17) is 5.11 Å². The zero-order valence-electron chi connectivity index (χ0n) is 7.14. The molecule has 0 aliphatic carbocycles. The second-order valence-electron chi connectivity index (χ2n) is 3.18. The third-order valence-corrected chi connectivity index (χ3v) is 4.38. The fraction of sp³-hybridized carbons (Fsp3) is 0.500. The molecule has 1 amide bonds. The second kappa shape index (κ2) is 3.58. The number of carbonyl (C=O) groups excluding carboxylic acids is 1. The van der Waals surface area contributed by atoms with Crippen LogP contribution in [0.4, 0.5) is 0 Å². The number of amides is 1. The Morgan fingerprint density at radius 2 is 2.50 bits per heavy atom. The zero-order valence-corrected chi connectivity index (χ0v) is 9.55. The zero-order chi connectivity index (χ0) is 10.3. The first-order valence-electron chi connectivity index (χ1n) is 4.07. The van der Waals surface area contributed by atoms with Gasteiger partial charge in [0.25, 0.3) is 0 Å². The molecule has 2 aliphatic heterocycles. The van der Waals surface area contributed by atoms with Crippen LogP contribution in [-0.4, -0.2) is 38.3 Å². The van der Waals surface area contributed by atoms with Crippen molar-refractivity contribution in [2.75, 3.05) is 11.1 Å². The van der Waals surface area contributed by atoms with E-state index in [2.05, 4.69) is 15.9 Å². The standard InChI is InChI=1S/C8H8BrNO3S/c9-1-4-2-10-6(11)5(8(12)13)7(10)14-3-4/h2,5,7H,1,3H2,(H,12,13)/t5?,7-/m0/s1. The van der Waals surface area contributed by atoms with Gasteiger partial charge in [0.1, 0.15) is 5.37 Å². The Morgan fingerprint density at radius 3 is 3.07 bits per heavy atom. The van der Waals surface area contributed by atoms with Crippen molar-refractivity contribution < 1.29 is 14.7 Å². The maximum Gasteiger partial charge on any atom is 0.319 e. The van der Waals surface area contributed by atoms with E-state index in [-0.39, 0.29) is 11.3 Å². The van der Waals surface area contributed by atoms with Crippen molar-refractivity contribution >= 4 is 39.6 Å². The van der Waals surface area contributed by atoms with Crippen LogP contribution in [0.2, 0.25) is 0 Å². The number of β-lactam (4-membered cyclic amide) rings is 1. The molecule has 0 spiro atoms. The quantitative estimate of drug-likeness (QED) is 0.463. The Kier molecular flexibility index (Phi) is 2.57. The maximum atomic E-state index is 11.4. The number of hydrogen-bond acceptors (Lipinski definition) is 3. The first-order valence-corrected chi connectivity index (χ1v) is 6.24. The van der Waals surface area contributed by atoms with E-state index >= 15 is 0 Å². The molecule has 0 saturated carbocycles. The highest BCUT2D eigenvalue weighted by molar-refractivity contribution is 9.09. The second-order valence-corrected chi connectivity index (χ2v) is 4.85. The van der Waals surface area contributed by atoms with Crippen molar-refractivity contribution in [3.05, 3.63) is 11.8 Å². The van der Waals surface area contributed by atoms with Gasteiger partial charge in [0.15, 0.2) is 5.92 Å². The van der Waals surface area contributed by atoms with E-state index in [9.17, 15) is 9.59 Å². The molecule has 2 aliphatic rings. The average Bonchev–Trinajstić information content (AvgIpc) is 2.16. The number of thioether (sulfide) groups is 1. The maximum absolute atomic E-state index is 11.4. The van der Waals surface area contributed by atoms with Crippen LogP contribution < -0.4 is 0 Å². The average molecular weight is 278 g/mol. The smallest absolute Gasteiger partial charge is 0.319 e. The molecule has 0 aromatic carbocycles. The summed E-state index contributed by atoms with van der Waals surface area (Å²) in [5.74, 6) is -1.36. The van der Waals surface area contributed by atoms with E-state index in [1.165, 1.54) is 16.7 Å². The molecule has 0 aromatic rings. The monoisotopic (exact) mass is 277 g/mol. The van der Waals surface area contributed by atoms with Crippen LogP contribution in [-0.2, 0) is 9.59 Å². The molecule has 2 atom stereocenters. The van der Waals surface area contributed by atoms with Gasteiger partial charge < -0.3 is 10.0 Å². The van der Waals surface area contributed by atoms with Crippen molar-refractivity contribution in [2.24, 2.45) is 5.92 Å². The van der Waals surface area contributed by atoms with Gasteiger partial charge in [-0.25, -0.2) is 0 Å². The van der Waals surface area contributed by atoms with Gasteiger partial charge in [0.05, 0.1) is 0 Å². The van der Waals surface area contributed by atoms with Crippen LogP contribution in [0.25, 0.3) is 0 Å². The molecule has 0 radical (unpaired) electrons. The first kappa shape index (κ1) is 10.0. The normalized spacial score (nSPS) is 30.5. The van der Waals surface area contributed by atoms with Gasteiger partial charge in [0, 0.05) is 17.3 Å². The molecule has 1 saturated heterocycles. The number of aliphatic carboxylic acids is 1. The fourth-order valence-corrected chi connectivity index (χ4v) is 3.44. The van der Waals surface area contributed by atoms with Crippen LogP contribution in [0.15, 0.2) is 11.8 Å². The van der Waals surface area contributed by atoms with Gasteiger partial charge in [0.2, 0.25) is 5.91 Å². The molecule has 2 heterocycles. The fourth-order valence-electron chi connectivity index (χ4n) is 1.53. The predicted octanol–water partition coefficient (Wildman–Crippen LogP) is 0.881. The molecule has 6 heteroatoms. The van der Waals surface area contributed by atoms with Gasteiger partial charge in [-0.1, -0.05) is 15.9 Å². The van der Waals surface area contributed by atoms with Crippen LogP contribution in [0.3, 0.4) is 0 Å². The summed E-state index contributed by atoms with van der Waals surface area (Å²) in [6.07, 6.45) is 1.76. The van der Waals surface area contributed by atoms with Gasteiger partial charge in [-0.05, 0) is 5.57 Å². The van der Waals surface area contributed by atoms with E-state index in [0.717, 1.165) is 16.7 Å². The minimum absolute atomic E-state index is 0.192. The molecule has 1 N–H and O–H groups in total. The Hall–Kier alpha value is -0.490. The molecule has 2 rings (SSSR count). The number of alkyl halides is 1. The molecule has 1 fully saturated rings. The highest BCUT2D eigenvalue weighted by atomic mass is 79.9. The Morgan fingerprint density at radius 1 is 1.79 bits per heavy atom. The molecule has 1 unspecified atom stereocenters. The van der Waals surface area contributed by atoms with E-state index < -0.39 is 11.9 Å². The lowest BCUT2D eigenvalue weighted by Crippen LogP contribution is -2.60. The van der Waals surface area contributed by atoms with Crippen molar-refractivity contribution in [3.63, 3.8) is 0 Å². The number of nitrogens with zero attached hydrogens (tertiary/aromatic N) is 1. The number of rotatable bonds is 2. The molecule has 4 nitrogen and oxygen atoms in total. The van der Waals surface area contributed by atoms with Gasteiger partial charge in [-0.3, -0.25) is 9.59 Å². The molecule has 0 aromatic heterocycles. The van der Waals surface area contributed by atoms with E-state index in [0.29, 0.717) is 0 Å². The third kappa shape index (κ3) is 1.37. The van der Waals surface area contributed by atoms with E-state index in [1.807, 2.05) is 0 Å². The summed E-state index contributed by atoms with van der Waals surface area (Å²) < 4.78 is 0. The lowest BCUT2D eigenvalue weighted by molar-refractivity contribution is -0.161. The summed E-state index contributed by atoms with van der Waals surface area (Å²) in [7, 11) is 0. The molecular formula is C8H8BrNO3S. The summed E-state index contributed by atoms with van der Waals surface area (Å²) >= 11 is 4.82. The molecular weight excluding hydrogens is 270 g/mol. The Balaban J connectivity index is 2.16. The Labute approximate surface area is 93.5 Å². The van der Waals surface area contributed by atoms with Crippen LogP contribution in [0, 0.1) is 5.92 Å². The number of hydrogen-bond donors (Lipinski definition) is 1. The third-order valence-electron chi connectivity index (χ3n) is 2.28. The lowest BCUT2D eigenvalue weighted by atomic mass is 9.98. The van der Waals surface area contributed by atoms with Crippen molar-refractivity contribution in [1.29, 1.82) is 0 Å². The molecule has 14 heavy (non-hydrogen) atoms. The van der Waals surface area contributed by atoms with Gasteiger partial charge >= 0.3 is 5.97 Å². The number of fused-ring (bicyclic) bond motifs is 1. The number of carboxylic acids is 1. The summed E-state index contributed by atoms with van der Waals surface area (Å²) in [6, 6.07) is 0. The van der Waals surface area contributed by atoms with Crippen molar-refractivity contribution in [1.82, 2.24) is 4.90 Å². The summed E-state index contributed by atoms with van der Waals surface area (Å²) in [6.45, 7) is 0. The van der Waals surface area contributed by atoms with Crippen LogP contribution in [0.5, 0.6) is 0 Å². The van der Waals surface area contributed by atoms with E-state index in [1.54, 1.807) is 6.20 Å². The summed E-state index contributed by atoms with van der Waals surface area (Å²) in [5, 5.41) is 9.31. The van der Waals surface area contributed by atoms with Crippen LogP contribution >= 0.6 is 27.7 Å². The number of carbonyl (C=O) groups is 2. The van der Waals surface area contributed by atoms with Crippen molar-refractivity contribution in [2.45, 2.75) is 5.37 Å². The lowest BCUT2D eigenvalue weighted by Gasteiger charge is -2.45. The topological polar surface area (TPSA) is 57.6 Å². The summed E-state index contributed by atoms with van der Waals surface area (Å²) in [5.41, 5.74) is 1.11. The van der Waals surface area contributed by atoms with Crippen LogP contribution in [0.1, 0.15) is 0 Å². The number of carboxylic acid groups (broad SMARTS) is 1. The molecule has 0 bridgehead atoms. The Bertz CT molecular complexity index is 331.